The van der Waals surface area contributed by atoms with Gasteiger partial charge in [0.1, 0.15) is 0 Å². The first-order valence-corrected chi connectivity index (χ1v) is 7.93. The molecule has 4 nitrogen and oxygen atoms in total. The maximum atomic E-state index is 5.79. The van der Waals surface area contributed by atoms with Gasteiger partial charge < -0.3 is 9.47 Å². The highest BCUT2D eigenvalue weighted by Gasteiger charge is 2.31. The molecule has 10 heteroatoms. The predicted molar refractivity (Wildman–Crippen MR) is 87.1 cm³/mol. The van der Waals surface area contributed by atoms with E-state index in [2.05, 4.69) is 9.97 Å². The van der Waals surface area contributed by atoms with Gasteiger partial charge in [-0.25, -0.2) is 9.97 Å². The van der Waals surface area contributed by atoms with Crippen LogP contribution >= 0.6 is 69.6 Å². The van der Waals surface area contributed by atoms with E-state index in [-0.39, 0.29) is 23.1 Å². The zero-order valence-corrected chi connectivity index (χ0v) is 14.8. The van der Waals surface area contributed by atoms with E-state index >= 15 is 0 Å². The highest BCUT2D eigenvalue weighted by atomic mass is 35.6. The van der Waals surface area contributed by atoms with Crippen molar-refractivity contribution < 1.29 is 9.47 Å². The molecule has 3 heterocycles. The van der Waals surface area contributed by atoms with Gasteiger partial charge in [-0.15, -0.1) is 0 Å². The minimum atomic E-state index is -1.67. The number of hydrogen-bond acceptors (Lipinski definition) is 4. The fourth-order valence-corrected chi connectivity index (χ4v) is 2.31. The molecule has 0 amide bonds. The summed E-state index contributed by atoms with van der Waals surface area (Å²) >= 11 is 34.7. The summed E-state index contributed by atoms with van der Waals surface area (Å²) in [6.07, 6.45) is 0. The molecular weight excluding hydrogens is 417 g/mol. The van der Waals surface area contributed by atoms with Crippen molar-refractivity contribution in [2.75, 3.05) is 0 Å². The smallest absolute Gasteiger partial charge is 0.263 e. The Hall–Kier alpha value is -0.360. The van der Waals surface area contributed by atoms with Gasteiger partial charge in [0.25, 0.3) is 11.8 Å². The highest BCUT2D eigenvalue weighted by Crippen LogP contribution is 2.47. The topological polar surface area (TPSA) is 44.2 Å². The Balaban J connectivity index is 1.99. The van der Waals surface area contributed by atoms with Crippen LogP contribution in [-0.4, -0.2) is 9.97 Å². The third-order valence-corrected chi connectivity index (χ3v) is 3.81. The van der Waals surface area contributed by atoms with Crippen molar-refractivity contribution in [3.8, 4) is 23.3 Å². The monoisotopic (exact) mass is 418 g/mol. The summed E-state index contributed by atoms with van der Waals surface area (Å²) < 4.78 is 7.81. The number of rotatable bonds is 0. The van der Waals surface area contributed by atoms with Gasteiger partial charge in [0.15, 0.2) is 11.5 Å². The predicted octanol–water partition coefficient (Wildman–Crippen LogP) is 6.03. The first-order chi connectivity index (χ1) is 10.1. The van der Waals surface area contributed by atoms with Crippen LogP contribution in [0.3, 0.4) is 0 Å². The Labute approximate surface area is 155 Å². The second-order valence-electron chi connectivity index (χ2n) is 4.20. The molecule has 1 aliphatic rings. The Morgan fingerprint density at radius 2 is 1.00 bits per heavy atom. The molecule has 3 rings (SSSR count). The maximum Gasteiger partial charge on any atom is 0.263 e. The molecule has 2 aromatic heterocycles. The average molecular weight is 421 g/mol. The van der Waals surface area contributed by atoms with Gasteiger partial charge in [0.2, 0.25) is 7.59 Å². The van der Waals surface area contributed by atoms with Crippen LogP contribution in [0.4, 0.5) is 0 Å². The van der Waals surface area contributed by atoms with E-state index in [1.807, 2.05) is 0 Å². The summed E-state index contributed by atoms with van der Waals surface area (Å²) in [5.74, 6) is 0.915. The number of nitrogens with zero attached hydrogens (tertiary/aromatic N) is 2. The summed E-state index contributed by atoms with van der Waals surface area (Å²) in [6.45, 7) is 0. The minimum absolute atomic E-state index is 0.153. The van der Waals surface area contributed by atoms with Crippen molar-refractivity contribution in [3.05, 3.63) is 35.7 Å². The number of hydrogen-bond donors (Lipinski definition) is 0. The van der Waals surface area contributed by atoms with Crippen LogP contribution in [0.15, 0.2) is 24.3 Å². The van der Waals surface area contributed by atoms with Crippen LogP contribution in [-0.2, 0) is 7.59 Å². The molecule has 1 aliphatic heterocycles. The van der Waals surface area contributed by atoms with Crippen molar-refractivity contribution in [1.82, 2.24) is 9.97 Å². The zero-order valence-electron chi connectivity index (χ0n) is 10.3. The van der Waals surface area contributed by atoms with E-state index < -0.39 is 7.59 Å². The normalized spacial score (nSPS) is 13.7. The molecule has 0 radical (unpaired) electrons. The number of alkyl halides is 6. The van der Waals surface area contributed by atoms with Crippen LogP contribution in [0.25, 0.3) is 0 Å². The number of fused-ring (bicyclic) bond motifs is 2. The molecule has 0 atom stereocenters. The van der Waals surface area contributed by atoms with E-state index in [0.717, 1.165) is 0 Å². The molecule has 116 valence electrons. The quantitative estimate of drug-likeness (QED) is 0.416. The molecule has 0 saturated heterocycles. The summed E-state index contributed by atoms with van der Waals surface area (Å²) in [4.78, 5) is 8.21. The maximum absolute atomic E-state index is 5.79. The van der Waals surface area contributed by atoms with E-state index in [9.17, 15) is 0 Å². The van der Waals surface area contributed by atoms with Crippen LogP contribution in [0.5, 0.6) is 23.3 Å². The third-order valence-electron chi connectivity index (χ3n) is 2.64. The van der Waals surface area contributed by atoms with Crippen LogP contribution in [0.2, 0.25) is 0 Å². The van der Waals surface area contributed by atoms with Gasteiger partial charge in [0.05, 0.1) is 11.4 Å². The van der Waals surface area contributed by atoms with Gasteiger partial charge in [-0.05, 0) is 24.3 Å². The SMILES string of the molecule is ClC(Cl)(Cl)c1ccc2c(n1)Oc1ccc(C(Cl)(Cl)Cl)nc1O2. The van der Waals surface area contributed by atoms with E-state index in [4.69, 9.17) is 79.1 Å². The summed E-state index contributed by atoms with van der Waals surface area (Å²) in [7, 11) is 0. The Morgan fingerprint density at radius 3 is 1.32 bits per heavy atom. The first kappa shape index (κ1) is 16.5. The average Bonchev–Trinajstić information content (AvgIpc) is 2.41. The number of aromatic nitrogens is 2. The zero-order chi connectivity index (χ0) is 16.1. The fraction of sp³-hybridized carbons (Fsp3) is 0.167. The van der Waals surface area contributed by atoms with Gasteiger partial charge in [0, 0.05) is 0 Å². The van der Waals surface area contributed by atoms with E-state index in [0.29, 0.717) is 11.5 Å². The van der Waals surface area contributed by atoms with Crippen LogP contribution in [0, 0.1) is 0 Å². The van der Waals surface area contributed by atoms with E-state index in [1.54, 1.807) is 12.1 Å². The molecule has 0 aliphatic carbocycles. The molecule has 0 spiro atoms. The highest BCUT2D eigenvalue weighted by molar-refractivity contribution is 6.67. The van der Waals surface area contributed by atoms with Gasteiger partial charge >= 0.3 is 0 Å². The molecule has 0 aromatic carbocycles. The second kappa shape index (κ2) is 5.62. The Bertz CT molecular complexity index is 678. The Morgan fingerprint density at radius 1 is 0.636 bits per heavy atom. The molecule has 0 fully saturated rings. The van der Waals surface area contributed by atoms with Crippen molar-refractivity contribution in [2.24, 2.45) is 0 Å². The van der Waals surface area contributed by atoms with Crippen LogP contribution in [0.1, 0.15) is 11.4 Å². The van der Waals surface area contributed by atoms with Gasteiger partial charge in [-0.2, -0.15) is 0 Å². The van der Waals surface area contributed by atoms with Gasteiger partial charge in [-0.1, -0.05) is 69.6 Å². The van der Waals surface area contributed by atoms with Crippen molar-refractivity contribution >= 4 is 69.6 Å². The fourth-order valence-electron chi connectivity index (χ4n) is 1.68. The molecule has 0 saturated carbocycles. The lowest BCUT2D eigenvalue weighted by molar-refractivity contribution is 0.335. The largest absolute Gasteiger partial charge is 0.430 e. The lowest BCUT2D eigenvalue weighted by Crippen LogP contribution is -2.10. The Kier molecular flexibility index (Phi) is 4.21. The van der Waals surface area contributed by atoms with Crippen molar-refractivity contribution in [3.63, 3.8) is 0 Å². The number of pyridine rings is 2. The van der Waals surface area contributed by atoms with Gasteiger partial charge in [-0.3, -0.25) is 0 Å². The summed E-state index contributed by atoms with van der Waals surface area (Å²) in [5, 5.41) is 0. The second-order valence-corrected chi connectivity index (χ2v) is 8.76. The molecule has 22 heavy (non-hydrogen) atoms. The lowest BCUT2D eigenvalue weighted by Gasteiger charge is -2.21. The molecular formula is C12H4Cl6N2O2. The molecule has 0 unspecified atom stereocenters. The minimum Gasteiger partial charge on any atom is -0.430 e. The molecule has 0 bridgehead atoms. The lowest BCUT2D eigenvalue weighted by atomic mass is 10.3. The third kappa shape index (κ3) is 3.28. The number of halogens is 6. The molecule has 0 N–H and O–H groups in total. The van der Waals surface area contributed by atoms with E-state index in [1.165, 1.54) is 12.1 Å². The first-order valence-electron chi connectivity index (χ1n) is 5.67. The van der Waals surface area contributed by atoms with Crippen LogP contribution < -0.4 is 9.47 Å². The standard InChI is InChI=1S/C12H4Cl6N2O2/c13-11(14,15)7-3-1-5-9(19-7)22-6-2-4-8(12(16,17)18)20-10(6)21-5/h1-4H. The van der Waals surface area contributed by atoms with Crippen molar-refractivity contribution in [2.45, 2.75) is 7.59 Å². The molecule has 2 aromatic rings. The number of ether oxygens (including phenoxy) is 2. The summed E-state index contributed by atoms with van der Waals surface area (Å²) in [6, 6.07) is 6.09. The van der Waals surface area contributed by atoms with Crippen molar-refractivity contribution in [1.29, 1.82) is 0 Å². The summed E-state index contributed by atoms with van der Waals surface area (Å²) in [5.41, 5.74) is 0.406.